The van der Waals surface area contributed by atoms with E-state index in [-0.39, 0.29) is 5.91 Å². The fraction of sp³-hybridized carbons (Fsp3) is 0.474. The monoisotopic (exact) mass is 377 g/mol. The molecule has 1 fully saturated rings. The third-order valence-corrected chi connectivity index (χ3v) is 5.89. The third-order valence-electron chi connectivity index (χ3n) is 4.64. The number of aromatic nitrogens is 1. The van der Waals surface area contributed by atoms with E-state index < -0.39 is 0 Å². The predicted molar refractivity (Wildman–Crippen MR) is 104 cm³/mol. The van der Waals surface area contributed by atoms with Crippen molar-refractivity contribution in [1.29, 1.82) is 0 Å². The van der Waals surface area contributed by atoms with Gasteiger partial charge in [-0.05, 0) is 37.9 Å². The first-order chi connectivity index (χ1) is 12.2. The second-order valence-electron chi connectivity index (χ2n) is 6.43. The van der Waals surface area contributed by atoms with Gasteiger partial charge in [-0.25, -0.2) is 4.98 Å². The molecule has 0 unspecified atom stereocenters. The molecule has 6 heteroatoms. The van der Waals surface area contributed by atoms with Crippen LogP contribution in [0.1, 0.15) is 25.5 Å². The quantitative estimate of drug-likeness (QED) is 0.831. The number of likely N-dealkylation sites (tertiary alicyclic amines) is 1. The molecule has 0 saturated carbocycles. The van der Waals surface area contributed by atoms with Gasteiger partial charge in [-0.3, -0.25) is 4.79 Å². The average Bonchev–Trinajstić information content (AvgIpc) is 3.09. The van der Waals surface area contributed by atoms with Gasteiger partial charge in [-0.1, -0.05) is 36.7 Å². The molecule has 134 valence electrons. The van der Waals surface area contributed by atoms with E-state index in [0.29, 0.717) is 17.4 Å². The summed E-state index contributed by atoms with van der Waals surface area (Å²) in [5.41, 5.74) is 1.76. The van der Waals surface area contributed by atoms with E-state index in [1.165, 1.54) is 0 Å². The van der Waals surface area contributed by atoms with Crippen molar-refractivity contribution in [1.82, 2.24) is 15.2 Å². The van der Waals surface area contributed by atoms with E-state index in [2.05, 4.69) is 17.2 Å². The number of hydrogen-bond donors (Lipinski definition) is 1. The first-order valence-electron chi connectivity index (χ1n) is 8.85. The minimum atomic E-state index is 0.179. The average molecular weight is 378 g/mol. The largest absolute Gasteiger partial charge is 0.342 e. The van der Waals surface area contributed by atoms with Crippen LogP contribution in [0.3, 0.4) is 0 Å². The van der Waals surface area contributed by atoms with Crippen LogP contribution in [-0.4, -0.2) is 42.0 Å². The number of halogens is 1. The number of hydrogen-bond acceptors (Lipinski definition) is 4. The highest BCUT2D eigenvalue weighted by atomic mass is 35.5. The molecule has 0 spiro atoms. The van der Waals surface area contributed by atoms with Gasteiger partial charge in [0, 0.05) is 24.0 Å². The molecule has 3 rings (SSSR count). The lowest BCUT2D eigenvalue weighted by atomic mass is 9.96. The molecule has 25 heavy (non-hydrogen) atoms. The number of amides is 1. The lowest BCUT2D eigenvalue weighted by Gasteiger charge is -2.32. The molecule has 0 atom stereocenters. The number of rotatable bonds is 6. The van der Waals surface area contributed by atoms with Crippen molar-refractivity contribution in [3.63, 3.8) is 0 Å². The van der Waals surface area contributed by atoms with Crippen LogP contribution >= 0.6 is 22.9 Å². The summed E-state index contributed by atoms with van der Waals surface area (Å²) in [5, 5.41) is 6.93. The van der Waals surface area contributed by atoms with Crippen LogP contribution in [0.15, 0.2) is 29.6 Å². The van der Waals surface area contributed by atoms with Gasteiger partial charge in [0.1, 0.15) is 5.01 Å². The molecule has 1 aromatic carbocycles. The minimum Gasteiger partial charge on any atom is -0.342 e. The van der Waals surface area contributed by atoms with Crippen LogP contribution in [0.4, 0.5) is 0 Å². The molecule has 0 bridgehead atoms. The summed E-state index contributed by atoms with van der Waals surface area (Å²) >= 11 is 7.77. The van der Waals surface area contributed by atoms with Gasteiger partial charge in [-0.15, -0.1) is 11.3 Å². The van der Waals surface area contributed by atoms with E-state index in [9.17, 15) is 4.79 Å². The summed E-state index contributed by atoms with van der Waals surface area (Å²) in [5.74, 6) is 0.869. The Morgan fingerprint density at radius 2 is 2.12 bits per heavy atom. The van der Waals surface area contributed by atoms with Crippen LogP contribution in [0.2, 0.25) is 5.02 Å². The Kier molecular flexibility index (Phi) is 6.45. The zero-order valence-corrected chi connectivity index (χ0v) is 16.1. The second-order valence-corrected chi connectivity index (χ2v) is 7.70. The van der Waals surface area contributed by atoms with Gasteiger partial charge in [0.15, 0.2) is 0 Å². The number of carbonyl (C=O) groups excluding carboxylic acids is 1. The summed E-state index contributed by atoms with van der Waals surface area (Å²) in [7, 11) is 0. The van der Waals surface area contributed by atoms with E-state index in [0.717, 1.165) is 55.3 Å². The van der Waals surface area contributed by atoms with Crippen molar-refractivity contribution in [3.05, 3.63) is 40.4 Å². The van der Waals surface area contributed by atoms with Gasteiger partial charge < -0.3 is 10.2 Å². The van der Waals surface area contributed by atoms with Crippen molar-refractivity contribution in [3.8, 4) is 10.6 Å². The first-order valence-corrected chi connectivity index (χ1v) is 10.1. The van der Waals surface area contributed by atoms with Crippen molar-refractivity contribution in [2.24, 2.45) is 5.92 Å². The first kappa shape index (κ1) is 18.4. The Bertz CT molecular complexity index is 710. The smallest absolute Gasteiger partial charge is 0.228 e. The summed E-state index contributed by atoms with van der Waals surface area (Å²) in [6, 6.07) is 7.68. The number of thiazole rings is 1. The lowest BCUT2D eigenvalue weighted by molar-refractivity contribution is -0.131. The Morgan fingerprint density at radius 1 is 1.36 bits per heavy atom. The van der Waals surface area contributed by atoms with Gasteiger partial charge in [0.2, 0.25) is 5.91 Å². The highest BCUT2D eigenvalue weighted by molar-refractivity contribution is 7.13. The molecular weight excluding hydrogens is 354 g/mol. The van der Waals surface area contributed by atoms with Crippen LogP contribution in [0, 0.1) is 5.92 Å². The number of piperidine rings is 1. The molecule has 1 N–H and O–H groups in total. The number of nitrogens with zero attached hydrogens (tertiary/aromatic N) is 2. The molecule has 0 aliphatic carbocycles. The maximum absolute atomic E-state index is 12.5. The van der Waals surface area contributed by atoms with Gasteiger partial charge in [-0.2, -0.15) is 0 Å². The predicted octanol–water partition coefficient (Wildman–Crippen LogP) is 3.85. The van der Waals surface area contributed by atoms with Gasteiger partial charge in [0.05, 0.1) is 17.1 Å². The second kappa shape index (κ2) is 8.79. The summed E-state index contributed by atoms with van der Waals surface area (Å²) in [4.78, 5) is 19.1. The Morgan fingerprint density at radius 3 is 2.84 bits per heavy atom. The highest BCUT2D eigenvalue weighted by Crippen LogP contribution is 2.30. The third kappa shape index (κ3) is 4.81. The Balaban J connectivity index is 1.55. The molecule has 1 aliphatic rings. The van der Waals surface area contributed by atoms with E-state index in [4.69, 9.17) is 11.6 Å². The molecule has 1 amide bonds. The maximum atomic E-state index is 12.5. The number of nitrogens with one attached hydrogen (secondary N) is 1. The molecule has 2 heterocycles. The highest BCUT2D eigenvalue weighted by Gasteiger charge is 2.23. The summed E-state index contributed by atoms with van der Waals surface area (Å²) in [6.45, 7) is 5.92. The van der Waals surface area contributed by atoms with Crippen LogP contribution in [0.5, 0.6) is 0 Å². The molecule has 2 aromatic rings. The SMILES string of the molecule is CCNCC1CCN(C(=O)Cc2csc(-c3ccccc3Cl)n2)CC1. The van der Waals surface area contributed by atoms with Crippen molar-refractivity contribution in [2.45, 2.75) is 26.2 Å². The van der Waals surface area contributed by atoms with Crippen LogP contribution < -0.4 is 5.32 Å². The van der Waals surface area contributed by atoms with Crippen LogP contribution in [0.25, 0.3) is 10.6 Å². The summed E-state index contributed by atoms with van der Waals surface area (Å²) < 4.78 is 0. The fourth-order valence-corrected chi connectivity index (χ4v) is 4.29. The number of benzene rings is 1. The molecule has 0 radical (unpaired) electrons. The lowest BCUT2D eigenvalue weighted by Crippen LogP contribution is -2.41. The topological polar surface area (TPSA) is 45.2 Å². The Hall–Kier alpha value is -1.43. The van der Waals surface area contributed by atoms with Crippen LogP contribution in [-0.2, 0) is 11.2 Å². The van der Waals surface area contributed by atoms with Crippen molar-refractivity contribution >= 4 is 28.8 Å². The molecular formula is C19H24ClN3OS. The summed E-state index contributed by atoms with van der Waals surface area (Å²) in [6.07, 6.45) is 2.54. The molecule has 4 nitrogen and oxygen atoms in total. The standard InChI is InChI=1S/C19H24ClN3OS/c1-2-21-12-14-7-9-23(10-8-14)18(24)11-15-13-25-19(22-15)16-5-3-4-6-17(16)20/h3-6,13-14,21H,2,7-12H2,1H3. The number of carbonyl (C=O) groups is 1. The minimum absolute atomic E-state index is 0.179. The van der Waals surface area contributed by atoms with Crippen molar-refractivity contribution in [2.75, 3.05) is 26.2 Å². The normalized spacial score (nSPS) is 15.5. The van der Waals surface area contributed by atoms with E-state index >= 15 is 0 Å². The molecule has 1 saturated heterocycles. The fourth-order valence-electron chi connectivity index (χ4n) is 3.15. The zero-order chi connectivity index (χ0) is 17.6. The van der Waals surface area contributed by atoms with Gasteiger partial charge in [0.25, 0.3) is 0 Å². The van der Waals surface area contributed by atoms with E-state index in [1.807, 2.05) is 34.5 Å². The Labute approximate surface area is 158 Å². The van der Waals surface area contributed by atoms with Gasteiger partial charge >= 0.3 is 0 Å². The maximum Gasteiger partial charge on any atom is 0.228 e. The molecule has 1 aromatic heterocycles. The molecule has 1 aliphatic heterocycles. The zero-order valence-electron chi connectivity index (χ0n) is 14.5. The van der Waals surface area contributed by atoms with E-state index in [1.54, 1.807) is 11.3 Å². The van der Waals surface area contributed by atoms with Crippen molar-refractivity contribution < 1.29 is 4.79 Å².